The van der Waals surface area contributed by atoms with E-state index < -0.39 is 5.37 Å². The molecule has 2 aliphatic rings. The largest absolute Gasteiger partial charge is 0.508 e. The number of phenolic OH excluding ortho intramolecular Hbond substituents is 2. The van der Waals surface area contributed by atoms with Crippen LogP contribution >= 0.6 is 11.8 Å². The number of likely N-dealkylation sites (N-methyl/N-ethyl adjacent to an activating group) is 1. The molecule has 3 N–H and O–H groups in total. The van der Waals surface area contributed by atoms with Crippen LogP contribution in [-0.4, -0.2) is 104 Å². The van der Waals surface area contributed by atoms with E-state index >= 15 is 0 Å². The van der Waals surface area contributed by atoms with Crippen LogP contribution in [0.1, 0.15) is 17.9 Å². The van der Waals surface area contributed by atoms with Crippen molar-refractivity contribution in [2.45, 2.75) is 17.5 Å². The van der Waals surface area contributed by atoms with Gasteiger partial charge in [-0.25, -0.2) is 0 Å². The summed E-state index contributed by atoms with van der Waals surface area (Å²) in [5.74, 6) is 0.731. The zero-order valence-electron chi connectivity index (χ0n) is 29.4. The van der Waals surface area contributed by atoms with Crippen LogP contribution in [0.4, 0.5) is 23.3 Å². The summed E-state index contributed by atoms with van der Waals surface area (Å²) in [5.41, 5.74) is 2.34. The Hall–Kier alpha value is -5.38. The zero-order valence-corrected chi connectivity index (χ0v) is 30.2. The number of fused-ring (bicyclic) bond motifs is 1. The van der Waals surface area contributed by atoms with E-state index in [1.54, 1.807) is 41.6 Å². The molecule has 2 saturated heterocycles. The Bertz CT molecular complexity index is 2150. The third kappa shape index (κ3) is 7.20. The van der Waals surface area contributed by atoms with Crippen molar-refractivity contribution in [3.05, 3.63) is 88.7 Å². The SMILES string of the molecule is CCN1CCN(CC2SC(c3ccc(O)cc3O)N(c3ccc(Nc4nc(Oc5cc(=O)n(C)c6ccccc56)nc(N(C)C)n4)cc3)C2=O)CC1. The van der Waals surface area contributed by atoms with E-state index in [0.29, 0.717) is 40.7 Å². The highest BCUT2D eigenvalue weighted by Crippen LogP contribution is 2.49. The van der Waals surface area contributed by atoms with Crippen LogP contribution in [-0.2, 0) is 11.8 Å². The van der Waals surface area contributed by atoms with Crippen molar-refractivity contribution in [1.29, 1.82) is 0 Å². The number of piperazine rings is 1. The lowest BCUT2D eigenvalue weighted by Crippen LogP contribution is -2.49. The first-order valence-corrected chi connectivity index (χ1v) is 18.0. The predicted octanol–water partition coefficient (Wildman–Crippen LogP) is 4.52. The Morgan fingerprint density at radius 2 is 1.65 bits per heavy atom. The second-order valence-electron chi connectivity index (χ2n) is 13.0. The first-order chi connectivity index (χ1) is 25.1. The number of ether oxygens (including phenoxy) is 1. The van der Waals surface area contributed by atoms with Crippen molar-refractivity contribution in [2.24, 2.45) is 7.05 Å². The van der Waals surface area contributed by atoms with E-state index in [4.69, 9.17) is 4.74 Å². The first-order valence-electron chi connectivity index (χ1n) is 17.1. The Balaban J connectivity index is 1.14. The number of carbonyl (C=O) groups excluding carboxylic acids is 1. The number of aromatic nitrogens is 4. The maximum atomic E-state index is 14.1. The molecule has 2 unspecified atom stereocenters. The van der Waals surface area contributed by atoms with Crippen molar-refractivity contribution in [3.8, 4) is 23.3 Å². The summed E-state index contributed by atoms with van der Waals surface area (Å²) >= 11 is 1.51. The number of pyridine rings is 1. The number of thioether (sulfide) groups is 1. The molecule has 1 amide bonds. The standard InChI is InChI=1S/C37H41N9O5S/c1-5-44-16-18-45(19-17-44)22-31-33(50)46(34(52-31)27-15-14-25(47)20-29(27)48)24-12-10-23(11-13-24)38-35-39-36(42(2)3)41-37(40-35)51-30-21-32(49)43(4)28-9-7-6-8-26(28)30/h6-15,20-21,31,34,47-48H,5,16-19,22H2,1-4H3,(H,38,39,40,41). The minimum absolute atomic E-state index is 0.00890. The van der Waals surface area contributed by atoms with Gasteiger partial charge in [0.25, 0.3) is 5.56 Å². The number of benzene rings is 3. The number of para-hydroxylation sites is 1. The molecule has 2 fully saturated rings. The van der Waals surface area contributed by atoms with Gasteiger partial charge in [0, 0.05) is 88.3 Å². The van der Waals surface area contributed by atoms with Gasteiger partial charge in [-0.15, -0.1) is 11.8 Å². The number of aromatic hydroxyl groups is 2. The summed E-state index contributed by atoms with van der Waals surface area (Å²) < 4.78 is 7.66. The summed E-state index contributed by atoms with van der Waals surface area (Å²) in [5, 5.41) is 23.9. The van der Waals surface area contributed by atoms with Crippen molar-refractivity contribution in [1.82, 2.24) is 29.3 Å². The topological polar surface area (TPSA) is 152 Å². The molecule has 14 nitrogen and oxygen atoms in total. The lowest BCUT2D eigenvalue weighted by atomic mass is 10.1. The maximum absolute atomic E-state index is 14.1. The molecular formula is C37H41N9O5S. The number of hydrogen-bond acceptors (Lipinski definition) is 13. The van der Waals surface area contributed by atoms with Crippen molar-refractivity contribution in [2.75, 3.05) is 68.5 Å². The van der Waals surface area contributed by atoms with E-state index in [1.807, 2.05) is 48.5 Å². The molecule has 4 heterocycles. The third-order valence-electron chi connectivity index (χ3n) is 9.38. The molecule has 0 bridgehead atoms. The Labute approximate surface area is 305 Å². The molecule has 3 aromatic carbocycles. The first kappa shape index (κ1) is 35.0. The summed E-state index contributed by atoms with van der Waals surface area (Å²) in [7, 11) is 5.31. The van der Waals surface area contributed by atoms with E-state index in [9.17, 15) is 19.8 Å². The molecule has 2 aromatic heterocycles. The van der Waals surface area contributed by atoms with Crippen molar-refractivity contribution >= 4 is 51.8 Å². The number of hydrogen-bond donors (Lipinski definition) is 3. The number of phenols is 2. The second-order valence-corrected chi connectivity index (χ2v) is 14.3. The molecule has 15 heteroatoms. The zero-order chi connectivity index (χ0) is 36.5. The maximum Gasteiger partial charge on any atom is 0.328 e. The highest BCUT2D eigenvalue weighted by Gasteiger charge is 2.43. The summed E-state index contributed by atoms with van der Waals surface area (Å²) in [4.78, 5) is 48.5. The normalized spacial score (nSPS) is 18.2. The number of rotatable bonds is 10. The molecule has 2 aliphatic heterocycles. The van der Waals surface area contributed by atoms with Gasteiger partial charge in [-0.2, -0.15) is 15.0 Å². The minimum Gasteiger partial charge on any atom is -0.508 e. The minimum atomic E-state index is -0.495. The van der Waals surface area contributed by atoms with Gasteiger partial charge in [0.05, 0.1) is 10.8 Å². The fourth-order valence-electron chi connectivity index (χ4n) is 6.45. The van der Waals surface area contributed by atoms with Crippen molar-refractivity contribution < 1.29 is 19.7 Å². The monoisotopic (exact) mass is 723 g/mol. The Morgan fingerprint density at radius 3 is 2.37 bits per heavy atom. The number of nitrogens with one attached hydrogen (secondary N) is 1. The van der Waals surface area contributed by atoms with E-state index in [-0.39, 0.29) is 40.2 Å². The number of nitrogens with zero attached hydrogens (tertiary/aromatic N) is 8. The Morgan fingerprint density at radius 1 is 0.923 bits per heavy atom. The Kier molecular flexibility index (Phi) is 9.90. The summed E-state index contributed by atoms with van der Waals surface area (Å²) in [6.07, 6.45) is 0. The lowest BCUT2D eigenvalue weighted by molar-refractivity contribution is -0.118. The van der Waals surface area contributed by atoms with Gasteiger partial charge >= 0.3 is 6.01 Å². The molecule has 52 heavy (non-hydrogen) atoms. The quantitative estimate of drug-likeness (QED) is 0.185. The molecule has 270 valence electrons. The molecule has 5 aromatic rings. The van der Waals surface area contributed by atoms with Crippen molar-refractivity contribution in [3.63, 3.8) is 0 Å². The third-order valence-corrected chi connectivity index (χ3v) is 10.8. The average Bonchev–Trinajstić information content (AvgIpc) is 3.45. The fourth-order valence-corrected chi connectivity index (χ4v) is 7.98. The predicted molar refractivity (Wildman–Crippen MR) is 203 cm³/mol. The molecule has 0 saturated carbocycles. The number of aryl methyl sites for hydroxylation is 1. The molecule has 0 spiro atoms. The lowest BCUT2D eigenvalue weighted by Gasteiger charge is -2.34. The number of amides is 1. The van der Waals surface area contributed by atoms with Gasteiger partial charge in [0.2, 0.25) is 17.8 Å². The average molecular weight is 724 g/mol. The van der Waals surface area contributed by atoms with Crippen LogP contribution in [0.25, 0.3) is 10.9 Å². The van der Waals surface area contributed by atoms with Crippen LogP contribution in [0, 0.1) is 0 Å². The number of carbonyl (C=O) groups is 1. The van der Waals surface area contributed by atoms with E-state index in [1.165, 1.54) is 30.0 Å². The molecule has 2 atom stereocenters. The fraction of sp³-hybridized carbons (Fsp3) is 0.324. The van der Waals surface area contributed by atoms with E-state index in [2.05, 4.69) is 37.0 Å². The summed E-state index contributed by atoms with van der Waals surface area (Å²) in [6, 6.07) is 20.7. The highest BCUT2D eigenvalue weighted by atomic mass is 32.2. The van der Waals surface area contributed by atoms with E-state index in [0.717, 1.165) is 38.1 Å². The summed E-state index contributed by atoms with van der Waals surface area (Å²) in [6.45, 7) is 7.51. The van der Waals surface area contributed by atoms with Crippen LogP contribution in [0.15, 0.2) is 77.6 Å². The molecular weight excluding hydrogens is 683 g/mol. The highest BCUT2D eigenvalue weighted by molar-refractivity contribution is 8.01. The van der Waals surface area contributed by atoms with Crippen LogP contribution in [0.5, 0.6) is 23.3 Å². The van der Waals surface area contributed by atoms with Gasteiger partial charge in [-0.3, -0.25) is 19.4 Å². The number of anilines is 4. The molecule has 7 rings (SSSR count). The smallest absolute Gasteiger partial charge is 0.328 e. The second kappa shape index (κ2) is 14.7. The van der Waals surface area contributed by atoms with Gasteiger partial charge in [-0.1, -0.05) is 19.1 Å². The van der Waals surface area contributed by atoms with Crippen LogP contribution in [0.3, 0.4) is 0 Å². The van der Waals surface area contributed by atoms with Crippen LogP contribution in [0.2, 0.25) is 0 Å². The van der Waals surface area contributed by atoms with Crippen LogP contribution < -0.4 is 25.4 Å². The van der Waals surface area contributed by atoms with Gasteiger partial charge in [-0.05, 0) is 55.1 Å². The van der Waals surface area contributed by atoms with Gasteiger partial charge < -0.3 is 34.6 Å². The van der Waals surface area contributed by atoms with Gasteiger partial charge in [0.1, 0.15) is 22.6 Å². The van der Waals surface area contributed by atoms with Gasteiger partial charge in [0.15, 0.2) is 0 Å². The molecule has 0 radical (unpaired) electrons. The molecule has 0 aliphatic carbocycles.